The number of rotatable bonds is 1. The van der Waals surface area contributed by atoms with Gasteiger partial charge >= 0.3 is 6.18 Å². The van der Waals surface area contributed by atoms with Gasteiger partial charge in [0.2, 0.25) is 0 Å². The molecule has 1 N–H and O–H groups in total. The average molecular weight is 275 g/mol. The summed E-state index contributed by atoms with van der Waals surface area (Å²) in [4.78, 5) is 23.9. The van der Waals surface area contributed by atoms with E-state index in [1.165, 1.54) is 6.07 Å². The maximum atomic E-state index is 12.6. The number of alkyl halides is 3. The molecule has 2 heterocycles. The van der Waals surface area contributed by atoms with Crippen LogP contribution in [0, 0.1) is 5.92 Å². The van der Waals surface area contributed by atoms with Gasteiger partial charge in [-0.15, -0.1) is 0 Å². The molecule has 0 bridgehead atoms. The zero-order valence-corrected chi connectivity index (χ0v) is 9.91. The number of halogens is 3. The van der Waals surface area contributed by atoms with E-state index in [1.807, 2.05) is 0 Å². The maximum Gasteiger partial charge on any atom is 0.393 e. The van der Waals surface area contributed by atoms with Gasteiger partial charge in [0.15, 0.2) is 0 Å². The van der Waals surface area contributed by atoms with E-state index in [1.54, 1.807) is 0 Å². The summed E-state index contributed by atoms with van der Waals surface area (Å²) < 4.78 is 37.9. The summed E-state index contributed by atoms with van der Waals surface area (Å²) in [5.41, 5.74) is -0.522. The minimum atomic E-state index is -4.29. The monoisotopic (exact) mass is 275 g/mol. The van der Waals surface area contributed by atoms with Gasteiger partial charge in [0.25, 0.3) is 11.5 Å². The summed E-state index contributed by atoms with van der Waals surface area (Å²) in [6.45, 7) is -0.0879. The zero-order chi connectivity index (χ0) is 14.0. The number of H-pyrrole nitrogens is 1. The Labute approximate surface area is 106 Å². The first-order valence-corrected chi connectivity index (χ1v) is 5.79. The van der Waals surface area contributed by atoms with Crippen LogP contribution in [0.1, 0.15) is 23.3 Å². The number of likely N-dealkylation sites (tertiary alicyclic amines) is 1. The lowest BCUT2D eigenvalue weighted by molar-refractivity contribution is -0.184. The number of carbonyl (C=O) groups excluding carboxylic acids is 1. The second-order valence-corrected chi connectivity index (χ2v) is 4.44. The predicted molar refractivity (Wildman–Crippen MR) is 59.5 cm³/mol. The molecule has 0 aliphatic carbocycles. The molecule has 2 rings (SSSR count). The number of piperidine rings is 1. The number of aromatic nitrogens is 2. The van der Waals surface area contributed by atoms with Crippen LogP contribution in [0.2, 0.25) is 0 Å². The normalized spacial score (nSPS) is 20.4. The topological polar surface area (TPSA) is 66.1 Å². The molecule has 0 radical (unpaired) electrons. The van der Waals surface area contributed by atoms with Crippen molar-refractivity contribution in [3.8, 4) is 0 Å². The van der Waals surface area contributed by atoms with Gasteiger partial charge in [-0.2, -0.15) is 18.3 Å². The number of hydrogen-bond donors (Lipinski definition) is 1. The van der Waals surface area contributed by atoms with E-state index in [9.17, 15) is 22.8 Å². The fourth-order valence-electron chi connectivity index (χ4n) is 2.05. The Kier molecular flexibility index (Phi) is 3.59. The van der Waals surface area contributed by atoms with Crippen LogP contribution in [0.5, 0.6) is 0 Å². The molecule has 1 aromatic heterocycles. The van der Waals surface area contributed by atoms with Crippen molar-refractivity contribution in [2.45, 2.75) is 19.0 Å². The third-order valence-electron chi connectivity index (χ3n) is 3.07. The molecule has 0 spiro atoms. The highest BCUT2D eigenvalue weighted by molar-refractivity contribution is 5.92. The lowest BCUT2D eigenvalue weighted by Gasteiger charge is -2.33. The van der Waals surface area contributed by atoms with Crippen LogP contribution in [-0.4, -0.2) is 40.3 Å². The van der Waals surface area contributed by atoms with Gasteiger partial charge in [-0.25, -0.2) is 5.10 Å². The smallest absolute Gasteiger partial charge is 0.337 e. The molecule has 0 saturated carbocycles. The van der Waals surface area contributed by atoms with Crippen molar-refractivity contribution in [2.24, 2.45) is 5.92 Å². The quantitative estimate of drug-likeness (QED) is 0.837. The number of amides is 1. The van der Waals surface area contributed by atoms with Gasteiger partial charge in [0, 0.05) is 19.2 Å². The molecule has 19 heavy (non-hydrogen) atoms. The second-order valence-electron chi connectivity index (χ2n) is 4.44. The number of nitrogens with zero attached hydrogens (tertiary/aromatic N) is 2. The highest BCUT2D eigenvalue weighted by atomic mass is 19.4. The Morgan fingerprint density at radius 3 is 2.74 bits per heavy atom. The molecule has 1 saturated heterocycles. The Balaban J connectivity index is 2.11. The molecule has 8 heteroatoms. The molecular formula is C11H12F3N3O2. The largest absolute Gasteiger partial charge is 0.393 e. The minimum absolute atomic E-state index is 0.0341. The van der Waals surface area contributed by atoms with Crippen molar-refractivity contribution >= 4 is 5.91 Å². The molecule has 0 aromatic carbocycles. The fraction of sp³-hybridized carbons (Fsp3) is 0.545. The van der Waals surface area contributed by atoms with Gasteiger partial charge in [-0.3, -0.25) is 9.59 Å². The van der Waals surface area contributed by atoms with E-state index < -0.39 is 23.6 Å². The van der Waals surface area contributed by atoms with E-state index in [4.69, 9.17) is 0 Å². The number of nitrogens with one attached hydrogen (secondary N) is 1. The van der Waals surface area contributed by atoms with Crippen LogP contribution < -0.4 is 5.56 Å². The average Bonchev–Trinajstić information content (AvgIpc) is 2.38. The molecule has 5 nitrogen and oxygen atoms in total. The number of hydrogen-bond acceptors (Lipinski definition) is 3. The summed E-state index contributed by atoms with van der Waals surface area (Å²) in [6, 6.07) is 2.32. The first kappa shape index (κ1) is 13.6. The Morgan fingerprint density at radius 1 is 1.42 bits per heavy atom. The molecule has 1 fully saturated rings. The first-order chi connectivity index (χ1) is 8.88. The standard InChI is InChI=1S/C11H12F3N3O2/c12-11(13,14)7-2-1-5-17(6-7)10(19)8-3-4-9(18)16-15-8/h3-4,7H,1-2,5-6H2,(H,16,18)/t7-/m1/s1. The van der Waals surface area contributed by atoms with Crippen LogP contribution in [0.25, 0.3) is 0 Å². The van der Waals surface area contributed by atoms with Crippen molar-refractivity contribution in [3.05, 3.63) is 28.2 Å². The summed E-state index contributed by atoms with van der Waals surface area (Å²) >= 11 is 0. The number of aromatic amines is 1. The lowest BCUT2D eigenvalue weighted by Crippen LogP contribution is -2.45. The van der Waals surface area contributed by atoms with Gasteiger partial charge in [-0.1, -0.05) is 0 Å². The highest BCUT2D eigenvalue weighted by Gasteiger charge is 2.42. The van der Waals surface area contributed by atoms with Gasteiger partial charge in [-0.05, 0) is 18.9 Å². The first-order valence-electron chi connectivity index (χ1n) is 5.79. The van der Waals surface area contributed by atoms with Gasteiger partial charge in [0.1, 0.15) is 5.69 Å². The van der Waals surface area contributed by atoms with E-state index in [0.717, 1.165) is 11.0 Å². The Bertz CT molecular complexity index is 506. The SMILES string of the molecule is O=C(c1ccc(=O)[nH]n1)N1CCC[C@@H](C(F)(F)F)C1. The van der Waals surface area contributed by atoms with Crippen LogP contribution in [0.4, 0.5) is 13.2 Å². The zero-order valence-electron chi connectivity index (χ0n) is 9.91. The molecule has 1 amide bonds. The third-order valence-corrected chi connectivity index (χ3v) is 3.07. The molecular weight excluding hydrogens is 263 g/mol. The molecule has 1 aromatic rings. The highest BCUT2D eigenvalue weighted by Crippen LogP contribution is 2.33. The van der Waals surface area contributed by atoms with Gasteiger partial charge < -0.3 is 4.90 Å². The predicted octanol–water partition coefficient (Wildman–Crippen LogP) is 1.18. The second kappa shape index (κ2) is 5.02. The molecule has 1 atom stereocenters. The van der Waals surface area contributed by atoms with Crippen LogP contribution in [0.3, 0.4) is 0 Å². The Morgan fingerprint density at radius 2 is 2.16 bits per heavy atom. The molecule has 0 unspecified atom stereocenters. The van der Waals surface area contributed by atoms with Crippen molar-refractivity contribution < 1.29 is 18.0 Å². The Hall–Kier alpha value is -1.86. The summed E-state index contributed by atoms with van der Waals surface area (Å²) in [5.74, 6) is -2.09. The summed E-state index contributed by atoms with van der Waals surface area (Å²) in [6.07, 6.45) is -3.96. The number of carbonyl (C=O) groups is 1. The lowest BCUT2D eigenvalue weighted by atomic mass is 9.97. The molecule has 1 aliphatic rings. The van der Waals surface area contributed by atoms with E-state index >= 15 is 0 Å². The van der Waals surface area contributed by atoms with Crippen molar-refractivity contribution in [1.29, 1.82) is 0 Å². The molecule has 1 aliphatic heterocycles. The third kappa shape index (κ3) is 3.12. The van der Waals surface area contributed by atoms with Crippen LogP contribution in [0.15, 0.2) is 16.9 Å². The van der Waals surface area contributed by atoms with Crippen molar-refractivity contribution in [3.63, 3.8) is 0 Å². The van der Waals surface area contributed by atoms with Crippen LogP contribution in [-0.2, 0) is 0 Å². The summed E-state index contributed by atoms with van der Waals surface area (Å²) in [7, 11) is 0. The van der Waals surface area contributed by atoms with Crippen molar-refractivity contribution in [2.75, 3.05) is 13.1 Å². The van der Waals surface area contributed by atoms with E-state index in [2.05, 4.69) is 10.2 Å². The minimum Gasteiger partial charge on any atom is -0.337 e. The van der Waals surface area contributed by atoms with E-state index in [0.29, 0.717) is 6.42 Å². The van der Waals surface area contributed by atoms with E-state index in [-0.39, 0.29) is 25.2 Å². The molecule has 104 valence electrons. The summed E-state index contributed by atoms with van der Waals surface area (Å²) in [5, 5.41) is 5.62. The maximum absolute atomic E-state index is 12.6. The van der Waals surface area contributed by atoms with Gasteiger partial charge in [0.05, 0.1) is 5.92 Å². The fourth-order valence-corrected chi connectivity index (χ4v) is 2.05. The van der Waals surface area contributed by atoms with Crippen LogP contribution >= 0.6 is 0 Å². The van der Waals surface area contributed by atoms with Crippen molar-refractivity contribution in [1.82, 2.24) is 15.1 Å².